The molecule has 0 radical (unpaired) electrons. The average Bonchev–Trinajstić information content (AvgIpc) is 2.49. The third kappa shape index (κ3) is 1.22. The second-order valence-electron chi connectivity index (χ2n) is 5.12. The van der Waals surface area contributed by atoms with Crippen LogP contribution in [-0.4, -0.2) is 18.9 Å². The zero-order chi connectivity index (χ0) is 12.8. The molecule has 0 aromatic heterocycles. The molecule has 0 N–H and O–H groups in total. The number of hydrogen-bond acceptors (Lipinski definition) is 3. The van der Waals surface area contributed by atoms with Gasteiger partial charge >= 0.3 is 5.97 Å². The van der Waals surface area contributed by atoms with Crippen LogP contribution >= 0.6 is 0 Å². The van der Waals surface area contributed by atoms with Crippen LogP contribution in [0.15, 0.2) is 24.3 Å². The van der Waals surface area contributed by atoms with E-state index in [0.717, 1.165) is 5.56 Å². The Morgan fingerprint density at radius 3 is 2.35 bits per heavy atom. The van der Waals surface area contributed by atoms with Gasteiger partial charge < -0.3 is 4.74 Å². The largest absolute Gasteiger partial charge is 0.468 e. The van der Waals surface area contributed by atoms with Gasteiger partial charge in [-0.3, -0.25) is 9.59 Å². The second-order valence-corrected chi connectivity index (χ2v) is 5.12. The zero-order valence-corrected chi connectivity index (χ0v) is 10.5. The van der Waals surface area contributed by atoms with E-state index in [1.54, 1.807) is 26.8 Å². The van der Waals surface area contributed by atoms with E-state index in [2.05, 4.69) is 0 Å². The number of Topliss-reactive ketones (excluding diaryl/α,β-unsaturated/α-hetero) is 1. The number of hydrogen-bond donors (Lipinski definition) is 0. The summed E-state index contributed by atoms with van der Waals surface area (Å²) in [4.78, 5) is 24.4. The first-order valence-electron chi connectivity index (χ1n) is 5.60. The van der Waals surface area contributed by atoms with E-state index in [1.807, 2.05) is 18.2 Å². The highest BCUT2D eigenvalue weighted by atomic mass is 16.5. The summed E-state index contributed by atoms with van der Waals surface area (Å²) in [5.74, 6) is -0.359. The van der Waals surface area contributed by atoms with E-state index in [1.165, 1.54) is 7.11 Å². The molecule has 0 amide bonds. The van der Waals surface area contributed by atoms with Gasteiger partial charge in [-0.1, -0.05) is 38.1 Å². The molecule has 3 nitrogen and oxygen atoms in total. The molecule has 17 heavy (non-hydrogen) atoms. The lowest BCUT2D eigenvalue weighted by molar-refractivity contribution is -0.150. The lowest BCUT2D eigenvalue weighted by Gasteiger charge is -2.34. The van der Waals surface area contributed by atoms with Crippen molar-refractivity contribution < 1.29 is 14.3 Å². The Morgan fingerprint density at radius 1 is 1.18 bits per heavy atom. The summed E-state index contributed by atoms with van der Waals surface area (Å²) >= 11 is 0. The highest BCUT2D eigenvalue weighted by molar-refractivity contribution is 6.11. The lowest BCUT2D eigenvalue weighted by atomic mass is 9.67. The Kier molecular flexibility index (Phi) is 2.38. The van der Waals surface area contributed by atoms with Gasteiger partial charge in [0.2, 0.25) is 0 Å². The normalized spacial score (nSPS) is 25.5. The number of carbonyl (C=O) groups excluding carboxylic acids is 2. The summed E-state index contributed by atoms with van der Waals surface area (Å²) in [6, 6.07) is 7.26. The minimum atomic E-state index is -0.907. The summed E-state index contributed by atoms with van der Waals surface area (Å²) in [6.07, 6.45) is 0. The fourth-order valence-electron chi connectivity index (χ4n) is 2.59. The van der Waals surface area contributed by atoms with Crippen LogP contribution in [0.1, 0.15) is 36.7 Å². The standard InChI is InChI=1S/C14H16O3/c1-13(2)11(15)9-7-5-6-8-10(9)14(13,3)12(16)17-4/h5-8H,1-4H3. The monoisotopic (exact) mass is 232 g/mol. The van der Waals surface area contributed by atoms with Crippen molar-refractivity contribution in [3.8, 4) is 0 Å². The zero-order valence-electron chi connectivity index (χ0n) is 10.5. The van der Waals surface area contributed by atoms with Crippen molar-refractivity contribution >= 4 is 11.8 Å². The molecule has 90 valence electrons. The summed E-state index contributed by atoms with van der Waals surface area (Å²) in [7, 11) is 1.36. The van der Waals surface area contributed by atoms with Gasteiger partial charge in [-0.15, -0.1) is 0 Å². The molecule has 1 aromatic carbocycles. The number of ketones is 1. The molecule has 0 aliphatic heterocycles. The fraction of sp³-hybridized carbons (Fsp3) is 0.429. The van der Waals surface area contributed by atoms with Crippen LogP contribution in [0.4, 0.5) is 0 Å². The van der Waals surface area contributed by atoms with Crippen molar-refractivity contribution in [3.05, 3.63) is 35.4 Å². The molecule has 1 aliphatic carbocycles. The van der Waals surface area contributed by atoms with Gasteiger partial charge in [0.25, 0.3) is 0 Å². The van der Waals surface area contributed by atoms with E-state index in [4.69, 9.17) is 4.74 Å². The number of rotatable bonds is 1. The van der Waals surface area contributed by atoms with Crippen LogP contribution < -0.4 is 0 Å². The molecule has 3 heteroatoms. The van der Waals surface area contributed by atoms with Gasteiger partial charge in [-0.25, -0.2) is 0 Å². The molecule has 0 saturated carbocycles. The molecular weight excluding hydrogens is 216 g/mol. The second kappa shape index (κ2) is 3.42. The van der Waals surface area contributed by atoms with Crippen molar-refractivity contribution in [2.45, 2.75) is 26.2 Å². The highest BCUT2D eigenvalue weighted by Gasteiger charge is 2.59. The predicted molar refractivity (Wildman–Crippen MR) is 63.9 cm³/mol. The maximum atomic E-state index is 12.3. The van der Waals surface area contributed by atoms with E-state index >= 15 is 0 Å². The molecule has 0 spiro atoms. The van der Waals surface area contributed by atoms with Crippen molar-refractivity contribution in [3.63, 3.8) is 0 Å². The summed E-state index contributed by atoms with van der Waals surface area (Å²) in [6.45, 7) is 5.38. The first-order valence-corrected chi connectivity index (χ1v) is 5.60. The molecule has 0 fully saturated rings. The smallest absolute Gasteiger partial charge is 0.317 e. The van der Waals surface area contributed by atoms with Gasteiger partial charge in [0.15, 0.2) is 5.78 Å². The first-order chi connectivity index (χ1) is 7.87. The van der Waals surface area contributed by atoms with Crippen LogP contribution in [0.25, 0.3) is 0 Å². The molecule has 1 aromatic rings. The number of esters is 1. The van der Waals surface area contributed by atoms with Crippen LogP contribution in [0.2, 0.25) is 0 Å². The molecular formula is C14H16O3. The minimum absolute atomic E-state index is 0.000926. The Balaban J connectivity index is 2.75. The minimum Gasteiger partial charge on any atom is -0.468 e. The van der Waals surface area contributed by atoms with Crippen molar-refractivity contribution in [1.29, 1.82) is 0 Å². The van der Waals surface area contributed by atoms with E-state index in [0.29, 0.717) is 5.56 Å². The molecule has 2 rings (SSSR count). The molecule has 1 atom stereocenters. The third-order valence-electron chi connectivity index (χ3n) is 4.12. The van der Waals surface area contributed by atoms with Gasteiger partial charge in [0.05, 0.1) is 7.11 Å². The molecule has 0 bridgehead atoms. The Hall–Kier alpha value is -1.64. The van der Waals surface area contributed by atoms with Crippen molar-refractivity contribution in [2.75, 3.05) is 7.11 Å². The molecule has 0 saturated heterocycles. The molecule has 0 heterocycles. The third-order valence-corrected chi connectivity index (χ3v) is 4.12. The number of methoxy groups -OCH3 is 1. The maximum absolute atomic E-state index is 12.3. The molecule has 1 unspecified atom stereocenters. The van der Waals surface area contributed by atoms with Crippen LogP contribution in [0.3, 0.4) is 0 Å². The summed E-state index contributed by atoms with van der Waals surface area (Å²) in [5.41, 5.74) is -0.286. The summed E-state index contributed by atoms with van der Waals surface area (Å²) in [5, 5.41) is 0. The number of benzene rings is 1. The quantitative estimate of drug-likeness (QED) is 0.698. The average molecular weight is 232 g/mol. The topological polar surface area (TPSA) is 43.4 Å². The van der Waals surface area contributed by atoms with Crippen LogP contribution in [0, 0.1) is 5.41 Å². The van der Waals surface area contributed by atoms with Gasteiger partial charge in [-0.2, -0.15) is 0 Å². The summed E-state index contributed by atoms with van der Waals surface area (Å²) < 4.78 is 4.89. The van der Waals surface area contributed by atoms with Gasteiger partial charge in [0.1, 0.15) is 5.41 Å². The molecule has 1 aliphatic rings. The highest BCUT2D eigenvalue weighted by Crippen LogP contribution is 2.51. The van der Waals surface area contributed by atoms with Gasteiger partial charge in [0, 0.05) is 11.0 Å². The number of carbonyl (C=O) groups is 2. The van der Waals surface area contributed by atoms with E-state index < -0.39 is 10.8 Å². The van der Waals surface area contributed by atoms with Gasteiger partial charge in [-0.05, 0) is 12.5 Å². The van der Waals surface area contributed by atoms with Crippen LogP contribution in [0.5, 0.6) is 0 Å². The number of fused-ring (bicyclic) bond motifs is 1. The predicted octanol–water partition coefficient (Wildman–Crippen LogP) is 2.34. The van der Waals surface area contributed by atoms with Crippen molar-refractivity contribution in [1.82, 2.24) is 0 Å². The van der Waals surface area contributed by atoms with E-state index in [9.17, 15) is 9.59 Å². The SMILES string of the molecule is COC(=O)C1(C)c2ccccc2C(=O)C1(C)C. The van der Waals surface area contributed by atoms with E-state index in [-0.39, 0.29) is 11.8 Å². The Labute approximate surface area is 101 Å². The number of ether oxygens (including phenoxy) is 1. The first kappa shape index (κ1) is 11.8. The maximum Gasteiger partial charge on any atom is 0.317 e. The van der Waals surface area contributed by atoms with Crippen molar-refractivity contribution in [2.24, 2.45) is 5.41 Å². The Morgan fingerprint density at radius 2 is 1.76 bits per heavy atom. The van der Waals surface area contributed by atoms with Crippen LogP contribution in [-0.2, 0) is 14.9 Å². The fourth-order valence-corrected chi connectivity index (χ4v) is 2.59. The lowest BCUT2D eigenvalue weighted by Crippen LogP contribution is -2.45. The Bertz CT molecular complexity index is 502.